The molecule has 25 heavy (non-hydrogen) atoms. The Kier molecular flexibility index (Phi) is 6.68. The molecule has 0 amide bonds. The summed E-state index contributed by atoms with van der Waals surface area (Å²) >= 11 is 6.05. The third-order valence-corrected chi connectivity index (χ3v) is 3.88. The van der Waals surface area contributed by atoms with Gasteiger partial charge in [0.2, 0.25) is 0 Å². The molecule has 0 aliphatic rings. The van der Waals surface area contributed by atoms with Crippen molar-refractivity contribution in [2.75, 3.05) is 6.61 Å². The fraction of sp³-hybridized carbons (Fsp3) is 0.400. The summed E-state index contributed by atoms with van der Waals surface area (Å²) in [6.45, 7) is 9.85. The molecule has 0 aliphatic carbocycles. The molecule has 0 spiro atoms. The summed E-state index contributed by atoms with van der Waals surface area (Å²) in [4.78, 5) is 0. The molecule has 136 valence electrons. The molecular formula is C20H25ClFNO2. The fourth-order valence-corrected chi connectivity index (χ4v) is 2.43. The zero-order valence-corrected chi connectivity index (χ0v) is 15.9. The van der Waals surface area contributed by atoms with Crippen LogP contribution < -0.4 is 14.8 Å². The van der Waals surface area contributed by atoms with Gasteiger partial charge in [0.25, 0.3) is 0 Å². The predicted octanol–water partition coefficient (Wildman–Crippen LogP) is 5.34. The molecule has 0 unspecified atom stereocenters. The van der Waals surface area contributed by atoms with Crippen molar-refractivity contribution < 1.29 is 13.9 Å². The molecule has 2 aromatic rings. The van der Waals surface area contributed by atoms with Gasteiger partial charge < -0.3 is 14.8 Å². The standard InChI is InChI=1S/C20H25ClFNO2/c1-5-24-19-10-14(12-23-20(2,3)4)6-9-18(19)25-13-15-7-8-16(22)11-17(15)21/h6-11,23H,5,12-13H2,1-4H3. The molecule has 0 fully saturated rings. The van der Waals surface area contributed by atoms with Gasteiger partial charge in [0.05, 0.1) is 11.6 Å². The van der Waals surface area contributed by atoms with E-state index in [2.05, 4.69) is 26.1 Å². The molecule has 1 N–H and O–H groups in total. The lowest BCUT2D eigenvalue weighted by Crippen LogP contribution is -2.35. The Morgan fingerprint density at radius 2 is 1.80 bits per heavy atom. The van der Waals surface area contributed by atoms with Crippen molar-refractivity contribution in [1.29, 1.82) is 0 Å². The Hall–Kier alpha value is -1.78. The van der Waals surface area contributed by atoms with E-state index in [1.54, 1.807) is 6.07 Å². The van der Waals surface area contributed by atoms with Crippen LogP contribution in [0.3, 0.4) is 0 Å². The Bertz CT molecular complexity index is 713. The van der Waals surface area contributed by atoms with Gasteiger partial charge in [0.15, 0.2) is 11.5 Å². The quantitative estimate of drug-likeness (QED) is 0.717. The summed E-state index contributed by atoms with van der Waals surface area (Å²) in [5, 5.41) is 3.80. The largest absolute Gasteiger partial charge is 0.490 e. The van der Waals surface area contributed by atoms with Crippen LogP contribution in [-0.4, -0.2) is 12.1 Å². The van der Waals surface area contributed by atoms with Crippen molar-refractivity contribution in [3.05, 3.63) is 58.4 Å². The third-order valence-electron chi connectivity index (χ3n) is 3.53. The zero-order chi connectivity index (χ0) is 18.4. The zero-order valence-electron chi connectivity index (χ0n) is 15.2. The first-order chi connectivity index (χ1) is 11.8. The molecule has 0 heterocycles. The Morgan fingerprint density at radius 3 is 2.44 bits per heavy atom. The van der Waals surface area contributed by atoms with Gasteiger partial charge in [-0.15, -0.1) is 0 Å². The Morgan fingerprint density at radius 1 is 1.04 bits per heavy atom. The minimum absolute atomic E-state index is 0.0419. The van der Waals surface area contributed by atoms with Crippen LogP contribution in [0.4, 0.5) is 4.39 Å². The van der Waals surface area contributed by atoms with E-state index in [4.69, 9.17) is 21.1 Å². The van der Waals surface area contributed by atoms with Gasteiger partial charge in [-0.3, -0.25) is 0 Å². The Balaban J connectivity index is 2.11. The van der Waals surface area contributed by atoms with Crippen LogP contribution in [0.2, 0.25) is 5.02 Å². The van der Waals surface area contributed by atoms with Crippen molar-refractivity contribution in [3.8, 4) is 11.5 Å². The average molecular weight is 366 g/mol. The Labute approximate surface area is 154 Å². The maximum Gasteiger partial charge on any atom is 0.161 e. The first-order valence-electron chi connectivity index (χ1n) is 8.36. The molecule has 0 bridgehead atoms. The summed E-state index contributed by atoms with van der Waals surface area (Å²) in [7, 11) is 0. The summed E-state index contributed by atoms with van der Waals surface area (Å²) in [6, 6.07) is 10.1. The van der Waals surface area contributed by atoms with Gasteiger partial charge in [-0.2, -0.15) is 0 Å². The van der Waals surface area contributed by atoms with E-state index in [0.29, 0.717) is 23.1 Å². The second-order valence-electron chi connectivity index (χ2n) is 6.84. The summed E-state index contributed by atoms with van der Waals surface area (Å²) < 4.78 is 24.7. The van der Waals surface area contributed by atoms with Crippen LogP contribution in [0, 0.1) is 5.82 Å². The first kappa shape index (κ1) is 19.5. The van der Waals surface area contributed by atoms with Crippen LogP contribution in [0.25, 0.3) is 0 Å². The number of benzene rings is 2. The van der Waals surface area contributed by atoms with Crippen LogP contribution in [0.15, 0.2) is 36.4 Å². The van der Waals surface area contributed by atoms with Crippen LogP contribution in [-0.2, 0) is 13.2 Å². The highest BCUT2D eigenvalue weighted by Gasteiger charge is 2.12. The van der Waals surface area contributed by atoms with Crippen molar-refractivity contribution >= 4 is 11.6 Å². The summed E-state index contributed by atoms with van der Waals surface area (Å²) in [5.41, 5.74) is 1.88. The van der Waals surface area contributed by atoms with E-state index in [0.717, 1.165) is 17.7 Å². The molecule has 0 saturated carbocycles. The molecular weight excluding hydrogens is 341 g/mol. The molecule has 2 rings (SSSR count). The van der Waals surface area contributed by atoms with E-state index < -0.39 is 0 Å². The molecule has 0 aromatic heterocycles. The third kappa shape index (κ3) is 6.22. The monoisotopic (exact) mass is 365 g/mol. The van der Waals surface area contributed by atoms with Gasteiger partial charge in [-0.25, -0.2) is 4.39 Å². The number of nitrogens with one attached hydrogen (secondary N) is 1. The summed E-state index contributed by atoms with van der Waals surface area (Å²) in [6.07, 6.45) is 0. The van der Waals surface area contributed by atoms with Crippen molar-refractivity contribution in [3.63, 3.8) is 0 Å². The number of hydrogen-bond acceptors (Lipinski definition) is 3. The van der Waals surface area contributed by atoms with Crippen molar-refractivity contribution in [2.24, 2.45) is 0 Å². The van der Waals surface area contributed by atoms with Gasteiger partial charge >= 0.3 is 0 Å². The highest BCUT2D eigenvalue weighted by Crippen LogP contribution is 2.30. The fourth-order valence-electron chi connectivity index (χ4n) is 2.21. The molecule has 5 heteroatoms. The molecule has 0 atom stereocenters. The van der Waals surface area contributed by atoms with E-state index in [9.17, 15) is 4.39 Å². The van der Waals surface area contributed by atoms with Gasteiger partial charge in [0.1, 0.15) is 12.4 Å². The highest BCUT2D eigenvalue weighted by atomic mass is 35.5. The normalized spacial score (nSPS) is 11.4. The molecule has 0 saturated heterocycles. The molecule has 0 radical (unpaired) electrons. The van der Waals surface area contributed by atoms with Crippen LogP contribution in [0.1, 0.15) is 38.8 Å². The van der Waals surface area contributed by atoms with Gasteiger partial charge in [0, 0.05) is 17.6 Å². The van der Waals surface area contributed by atoms with Gasteiger partial charge in [-0.1, -0.05) is 23.7 Å². The lowest BCUT2D eigenvalue weighted by Gasteiger charge is -2.21. The molecule has 0 aliphatic heterocycles. The van der Waals surface area contributed by atoms with E-state index >= 15 is 0 Å². The minimum atomic E-state index is -0.362. The summed E-state index contributed by atoms with van der Waals surface area (Å²) in [5.74, 6) is 0.968. The van der Waals surface area contributed by atoms with E-state index in [1.165, 1.54) is 12.1 Å². The number of rotatable bonds is 7. The second kappa shape index (κ2) is 8.54. The van der Waals surface area contributed by atoms with Crippen LogP contribution >= 0.6 is 11.6 Å². The maximum atomic E-state index is 13.1. The van der Waals surface area contributed by atoms with E-state index in [-0.39, 0.29) is 18.0 Å². The predicted molar refractivity (Wildman–Crippen MR) is 99.9 cm³/mol. The lowest BCUT2D eigenvalue weighted by molar-refractivity contribution is 0.269. The van der Waals surface area contributed by atoms with Gasteiger partial charge in [-0.05, 0) is 57.5 Å². The highest BCUT2D eigenvalue weighted by molar-refractivity contribution is 6.31. The van der Waals surface area contributed by atoms with Crippen LogP contribution in [0.5, 0.6) is 11.5 Å². The lowest BCUT2D eigenvalue weighted by atomic mass is 10.1. The van der Waals surface area contributed by atoms with Crippen molar-refractivity contribution in [2.45, 2.75) is 46.4 Å². The SMILES string of the molecule is CCOc1cc(CNC(C)(C)C)ccc1OCc1ccc(F)cc1Cl. The number of ether oxygens (including phenoxy) is 2. The minimum Gasteiger partial charge on any atom is -0.490 e. The topological polar surface area (TPSA) is 30.5 Å². The first-order valence-corrected chi connectivity index (χ1v) is 8.74. The van der Waals surface area contributed by atoms with E-state index in [1.807, 2.05) is 25.1 Å². The second-order valence-corrected chi connectivity index (χ2v) is 7.25. The number of halogens is 2. The molecule has 2 aromatic carbocycles. The number of hydrogen-bond donors (Lipinski definition) is 1. The average Bonchev–Trinajstić information content (AvgIpc) is 2.53. The molecule has 3 nitrogen and oxygen atoms in total. The van der Waals surface area contributed by atoms with Crippen molar-refractivity contribution in [1.82, 2.24) is 5.32 Å². The maximum absolute atomic E-state index is 13.1. The smallest absolute Gasteiger partial charge is 0.161 e.